The van der Waals surface area contributed by atoms with E-state index in [0.29, 0.717) is 0 Å². The van der Waals surface area contributed by atoms with Crippen LogP contribution in [0.2, 0.25) is 0 Å². The lowest BCUT2D eigenvalue weighted by atomic mass is 10.1. The number of fused-ring (bicyclic) bond motifs is 1. The predicted octanol–water partition coefficient (Wildman–Crippen LogP) is 2.11. The van der Waals surface area contributed by atoms with Gasteiger partial charge >= 0.3 is 0 Å². The molecule has 1 unspecified atom stereocenters. The molecule has 1 aromatic carbocycles. The molecule has 0 aromatic heterocycles. The summed E-state index contributed by atoms with van der Waals surface area (Å²) in [5.41, 5.74) is 0.796. The molecule has 3 rings (SSSR count). The number of rotatable bonds is 1. The maximum atomic E-state index is 12.6. The van der Waals surface area contributed by atoms with Crippen LogP contribution in [0.25, 0.3) is 0 Å². The van der Waals surface area contributed by atoms with Gasteiger partial charge in [0.1, 0.15) is 0 Å². The molecule has 2 aliphatic heterocycles. The summed E-state index contributed by atoms with van der Waals surface area (Å²) in [4.78, 5) is 27.6. The Morgan fingerprint density at radius 3 is 2.74 bits per heavy atom. The van der Waals surface area contributed by atoms with Crippen LogP contribution < -0.4 is 5.32 Å². The highest BCUT2D eigenvalue weighted by molar-refractivity contribution is 8.02. The average Bonchev–Trinajstić information content (AvgIpc) is 2.93. The van der Waals surface area contributed by atoms with Gasteiger partial charge in [-0.05, 0) is 31.9 Å². The van der Waals surface area contributed by atoms with E-state index in [4.69, 9.17) is 0 Å². The van der Waals surface area contributed by atoms with Gasteiger partial charge in [0.25, 0.3) is 0 Å². The van der Waals surface area contributed by atoms with E-state index in [2.05, 4.69) is 5.32 Å². The molecule has 0 aliphatic carbocycles. The summed E-state index contributed by atoms with van der Waals surface area (Å²) in [5.74, 6) is -0.282. The normalized spacial score (nSPS) is 25.9. The van der Waals surface area contributed by atoms with Crippen LogP contribution in [0.4, 0.5) is 5.69 Å². The zero-order valence-corrected chi connectivity index (χ0v) is 11.6. The highest BCUT2D eigenvalue weighted by atomic mass is 32.2. The second kappa shape index (κ2) is 4.56. The van der Waals surface area contributed by atoms with Crippen LogP contribution >= 0.6 is 11.8 Å². The molecule has 0 radical (unpaired) electrons. The van der Waals surface area contributed by atoms with Gasteiger partial charge in [-0.25, -0.2) is 0 Å². The molecule has 0 bridgehead atoms. The minimum Gasteiger partial charge on any atom is -0.341 e. The summed E-state index contributed by atoms with van der Waals surface area (Å²) in [5, 5.41) is 2.85. The van der Waals surface area contributed by atoms with Crippen molar-refractivity contribution in [2.45, 2.75) is 29.4 Å². The van der Waals surface area contributed by atoms with Crippen molar-refractivity contribution in [3.05, 3.63) is 24.3 Å². The topological polar surface area (TPSA) is 49.4 Å². The fourth-order valence-electron chi connectivity index (χ4n) is 2.53. The van der Waals surface area contributed by atoms with Crippen LogP contribution in [-0.2, 0) is 9.59 Å². The van der Waals surface area contributed by atoms with Crippen LogP contribution in [0.15, 0.2) is 29.2 Å². The lowest BCUT2D eigenvalue weighted by Gasteiger charge is -2.34. The average molecular weight is 276 g/mol. The van der Waals surface area contributed by atoms with Gasteiger partial charge in [-0.15, -0.1) is 0 Å². The minimum atomic E-state index is -1.04. The molecule has 1 aromatic rings. The van der Waals surface area contributed by atoms with Crippen LogP contribution in [0, 0.1) is 0 Å². The summed E-state index contributed by atoms with van der Waals surface area (Å²) < 4.78 is -1.04. The van der Waals surface area contributed by atoms with Crippen molar-refractivity contribution in [3.63, 3.8) is 0 Å². The highest BCUT2D eigenvalue weighted by Crippen LogP contribution is 2.43. The molecule has 0 spiro atoms. The molecule has 1 atom stereocenters. The van der Waals surface area contributed by atoms with Crippen molar-refractivity contribution in [2.75, 3.05) is 18.4 Å². The number of benzene rings is 1. The maximum Gasteiger partial charge on any atom is 0.250 e. The van der Waals surface area contributed by atoms with E-state index in [0.717, 1.165) is 36.5 Å². The van der Waals surface area contributed by atoms with Crippen molar-refractivity contribution in [1.82, 2.24) is 4.90 Å². The van der Waals surface area contributed by atoms with E-state index in [1.165, 1.54) is 11.8 Å². The van der Waals surface area contributed by atoms with Crippen molar-refractivity contribution in [3.8, 4) is 0 Å². The maximum absolute atomic E-state index is 12.6. The third kappa shape index (κ3) is 2.02. The number of hydrogen-bond acceptors (Lipinski definition) is 3. The van der Waals surface area contributed by atoms with E-state index >= 15 is 0 Å². The fourth-order valence-corrected chi connectivity index (χ4v) is 3.71. The van der Waals surface area contributed by atoms with Crippen LogP contribution in [0.3, 0.4) is 0 Å². The Hall–Kier alpha value is -1.49. The lowest BCUT2D eigenvalue weighted by molar-refractivity contribution is -0.136. The number of carbonyl (C=O) groups excluding carboxylic acids is 2. The van der Waals surface area contributed by atoms with Crippen LogP contribution in [0.5, 0.6) is 0 Å². The van der Waals surface area contributed by atoms with Gasteiger partial charge in [0.15, 0.2) is 4.75 Å². The first-order valence-electron chi connectivity index (χ1n) is 6.50. The number of likely N-dealkylation sites (tertiary alicyclic amines) is 1. The van der Waals surface area contributed by atoms with E-state index in [1.54, 1.807) is 11.8 Å². The quantitative estimate of drug-likeness (QED) is 0.799. The molecule has 1 fully saturated rings. The zero-order chi connectivity index (χ0) is 13.5. The van der Waals surface area contributed by atoms with Gasteiger partial charge in [-0.3, -0.25) is 9.59 Å². The molecule has 100 valence electrons. The van der Waals surface area contributed by atoms with Gasteiger partial charge in [-0.1, -0.05) is 23.9 Å². The molecule has 1 saturated heterocycles. The van der Waals surface area contributed by atoms with Crippen LogP contribution in [0.1, 0.15) is 19.8 Å². The van der Waals surface area contributed by atoms with Gasteiger partial charge in [0.05, 0.1) is 5.69 Å². The molecule has 0 saturated carbocycles. The first-order valence-corrected chi connectivity index (χ1v) is 7.32. The SMILES string of the molecule is CC1(C(=O)N2CCCC2)Sc2ccccc2NC1=O. The molecular formula is C14H16N2O2S. The number of hydrogen-bond donors (Lipinski definition) is 1. The summed E-state index contributed by atoms with van der Waals surface area (Å²) in [7, 11) is 0. The number of amides is 2. The zero-order valence-electron chi connectivity index (χ0n) is 10.8. The highest BCUT2D eigenvalue weighted by Gasteiger charge is 2.48. The smallest absolute Gasteiger partial charge is 0.250 e. The largest absolute Gasteiger partial charge is 0.341 e. The van der Waals surface area contributed by atoms with Crippen molar-refractivity contribution in [2.24, 2.45) is 0 Å². The van der Waals surface area contributed by atoms with E-state index in [9.17, 15) is 9.59 Å². The van der Waals surface area contributed by atoms with Crippen molar-refractivity contribution in [1.29, 1.82) is 0 Å². The second-order valence-corrected chi connectivity index (χ2v) is 6.55. The van der Waals surface area contributed by atoms with Gasteiger partial charge in [-0.2, -0.15) is 0 Å². The first-order chi connectivity index (χ1) is 9.11. The molecular weight excluding hydrogens is 260 g/mol. The lowest BCUT2D eigenvalue weighted by Crippen LogP contribution is -2.52. The molecule has 1 N–H and O–H groups in total. The third-order valence-electron chi connectivity index (χ3n) is 3.68. The van der Waals surface area contributed by atoms with E-state index < -0.39 is 4.75 Å². The standard InChI is InChI=1S/C14H16N2O2S/c1-14(13(18)16-8-4-5-9-16)12(17)15-10-6-2-3-7-11(10)19-14/h2-3,6-7H,4-5,8-9H2,1H3,(H,15,17). The van der Waals surface area contributed by atoms with Gasteiger partial charge in [0.2, 0.25) is 11.8 Å². The molecule has 19 heavy (non-hydrogen) atoms. The molecule has 2 heterocycles. The Morgan fingerprint density at radius 1 is 1.32 bits per heavy atom. The Labute approximate surface area is 116 Å². The number of nitrogens with one attached hydrogen (secondary N) is 1. The number of anilines is 1. The third-order valence-corrected chi connectivity index (χ3v) is 5.03. The number of para-hydroxylation sites is 1. The number of carbonyl (C=O) groups is 2. The Balaban J connectivity index is 1.91. The first kappa shape index (κ1) is 12.5. The Bertz CT molecular complexity index is 540. The molecule has 5 heteroatoms. The van der Waals surface area contributed by atoms with E-state index in [1.807, 2.05) is 24.3 Å². The van der Waals surface area contributed by atoms with Gasteiger partial charge in [0, 0.05) is 18.0 Å². The molecule has 2 amide bonds. The fraction of sp³-hybridized carbons (Fsp3) is 0.429. The van der Waals surface area contributed by atoms with Gasteiger partial charge < -0.3 is 10.2 Å². The molecule has 2 aliphatic rings. The summed E-state index contributed by atoms with van der Waals surface area (Å²) in [6.45, 7) is 3.26. The summed E-state index contributed by atoms with van der Waals surface area (Å²) in [6, 6.07) is 7.60. The van der Waals surface area contributed by atoms with Crippen molar-refractivity contribution < 1.29 is 9.59 Å². The molecule has 4 nitrogen and oxygen atoms in total. The monoisotopic (exact) mass is 276 g/mol. The number of nitrogens with zero attached hydrogens (tertiary/aromatic N) is 1. The minimum absolute atomic E-state index is 0.0676. The second-order valence-electron chi connectivity index (χ2n) is 5.08. The van der Waals surface area contributed by atoms with E-state index in [-0.39, 0.29) is 11.8 Å². The van der Waals surface area contributed by atoms with Crippen LogP contribution in [-0.4, -0.2) is 34.6 Å². The summed E-state index contributed by atoms with van der Waals surface area (Å²) in [6.07, 6.45) is 2.06. The number of thioether (sulfide) groups is 1. The summed E-state index contributed by atoms with van der Waals surface area (Å²) >= 11 is 1.36. The Kier molecular flexibility index (Phi) is 3.01. The Morgan fingerprint density at radius 2 is 2.00 bits per heavy atom. The van der Waals surface area contributed by atoms with Crippen molar-refractivity contribution >= 4 is 29.3 Å². The predicted molar refractivity (Wildman–Crippen MR) is 75.1 cm³/mol.